The van der Waals surface area contributed by atoms with Gasteiger partial charge in [-0.05, 0) is 35.2 Å². The molecule has 28 heavy (non-hydrogen) atoms. The molecule has 0 aromatic heterocycles. The third-order valence-electron chi connectivity index (χ3n) is 4.72. The standard InChI is InChI=1S/C21H26N2O4.ClH/c1-25-18-9-15(10-19(11-18)26-2)12-23(14-20(24)27-3)13-17-6-4-5-16-7-8-22-21(16)17;/h4-6,9-11,22H,7-8,12-14H2,1-3H3;1H. The van der Waals surface area contributed by atoms with Gasteiger partial charge in [-0.15, -0.1) is 12.4 Å². The molecule has 1 aliphatic rings. The zero-order chi connectivity index (χ0) is 19.2. The Morgan fingerprint density at radius 1 is 1.07 bits per heavy atom. The maximum Gasteiger partial charge on any atom is 0.319 e. The summed E-state index contributed by atoms with van der Waals surface area (Å²) in [4.78, 5) is 14.0. The van der Waals surface area contributed by atoms with Crippen molar-refractivity contribution in [2.75, 3.05) is 39.7 Å². The van der Waals surface area contributed by atoms with Crippen LogP contribution < -0.4 is 14.8 Å². The van der Waals surface area contributed by atoms with E-state index in [4.69, 9.17) is 14.2 Å². The van der Waals surface area contributed by atoms with Crippen molar-refractivity contribution in [3.63, 3.8) is 0 Å². The van der Waals surface area contributed by atoms with E-state index in [1.807, 2.05) is 18.2 Å². The minimum atomic E-state index is -0.259. The lowest BCUT2D eigenvalue weighted by atomic mass is 10.1. The maximum atomic E-state index is 12.0. The number of carbonyl (C=O) groups is 1. The molecule has 0 bridgehead atoms. The van der Waals surface area contributed by atoms with Gasteiger partial charge in [-0.3, -0.25) is 9.69 Å². The van der Waals surface area contributed by atoms with Gasteiger partial charge < -0.3 is 19.5 Å². The molecule has 0 fully saturated rings. The Balaban J connectivity index is 0.00000280. The molecule has 2 aromatic rings. The van der Waals surface area contributed by atoms with Crippen molar-refractivity contribution in [1.29, 1.82) is 0 Å². The van der Waals surface area contributed by atoms with E-state index < -0.39 is 0 Å². The predicted molar refractivity (Wildman–Crippen MR) is 112 cm³/mol. The third kappa shape index (κ3) is 5.30. The lowest BCUT2D eigenvalue weighted by molar-refractivity contribution is -0.142. The van der Waals surface area contributed by atoms with E-state index in [0.717, 1.165) is 30.0 Å². The lowest BCUT2D eigenvalue weighted by Gasteiger charge is -2.23. The number of hydrogen-bond acceptors (Lipinski definition) is 6. The number of fused-ring (bicyclic) bond motifs is 1. The summed E-state index contributed by atoms with van der Waals surface area (Å²) in [6.45, 7) is 2.38. The van der Waals surface area contributed by atoms with Crippen LogP contribution in [0, 0.1) is 0 Å². The fraction of sp³-hybridized carbons (Fsp3) is 0.381. The normalized spacial score (nSPS) is 12.0. The van der Waals surface area contributed by atoms with Crippen LogP contribution in [0.15, 0.2) is 36.4 Å². The van der Waals surface area contributed by atoms with Crippen LogP contribution in [-0.2, 0) is 29.0 Å². The molecule has 1 N–H and O–H groups in total. The zero-order valence-corrected chi connectivity index (χ0v) is 17.3. The fourth-order valence-electron chi connectivity index (χ4n) is 3.41. The predicted octanol–water partition coefficient (Wildman–Crippen LogP) is 3.27. The second-order valence-electron chi connectivity index (χ2n) is 6.57. The van der Waals surface area contributed by atoms with Crippen molar-refractivity contribution >= 4 is 24.1 Å². The van der Waals surface area contributed by atoms with E-state index in [1.165, 1.54) is 23.9 Å². The highest BCUT2D eigenvalue weighted by Gasteiger charge is 2.18. The van der Waals surface area contributed by atoms with E-state index in [1.54, 1.807) is 14.2 Å². The molecule has 1 heterocycles. The first kappa shape index (κ1) is 21.9. The third-order valence-corrected chi connectivity index (χ3v) is 4.72. The van der Waals surface area contributed by atoms with Gasteiger partial charge in [0.1, 0.15) is 11.5 Å². The van der Waals surface area contributed by atoms with E-state index in [2.05, 4.69) is 28.4 Å². The summed E-state index contributed by atoms with van der Waals surface area (Å²) in [6.07, 6.45) is 1.03. The number of carbonyl (C=O) groups excluding carboxylic acids is 1. The number of para-hydroxylation sites is 1. The average Bonchev–Trinajstić information content (AvgIpc) is 3.17. The monoisotopic (exact) mass is 406 g/mol. The molecule has 1 aliphatic heterocycles. The smallest absolute Gasteiger partial charge is 0.319 e. The highest BCUT2D eigenvalue weighted by atomic mass is 35.5. The number of ether oxygens (including phenoxy) is 3. The molecule has 0 spiro atoms. The maximum absolute atomic E-state index is 12.0. The van der Waals surface area contributed by atoms with Crippen molar-refractivity contribution in [2.45, 2.75) is 19.5 Å². The Morgan fingerprint density at radius 2 is 1.79 bits per heavy atom. The van der Waals surface area contributed by atoms with Crippen LogP contribution >= 0.6 is 12.4 Å². The number of halogens is 1. The number of rotatable bonds is 8. The Bertz CT molecular complexity index is 791. The molecule has 7 heteroatoms. The molecule has 0 unspecified atom stereocenters. The van der Waals surface area contributed by atoms with Crippen LogP contribution in [0.5, 0.6) is 11.5 Å². The molecular formula is C21H27ClN2O4. The molecule has 6 nitrogen and oxygen atoms in total. The molecule has 0 radical (unpaired) electrons. The summed E-state index contributed by atoms with van der Waals surface area (Å²) in [7, 11) is 4.67. The first-order chi connectivity index (χ1) is 13.1. The molecule has 0 atom stereocenters. The van der Waals surface area contributed by atoms with Crippen molar-refractivity contribution in [2.24, 2.45) is 0 Å². The van der Waals surface area contributed by atoms with Crippen LogP contribution in [0.3, 0.4) is 0 Å². The van der Waals surface area contributed by atoms with Gasteiger partial charge in [-0.1, -0.05) is 18.2 Å². The van der Waals surface area contributed by atoms with Gasteiger partial charge >= 0.3 is 5.97 Å². The summed E-state index contributed by atoms with van der Waals surface area (Å²) in [5.41, 5.74) is 4.71. The summed E-state index contributed by atoms with van der Waals surface area (Å²) in [5, 5.41) is 3.46. The van der Waals surface area contributed by atoms with Crippen molar-refractivity contribution in [3.8, 4) is 11.5 Å². The van der Waals surface area contributed by atoms with Crippen LogP contribution in [0.25, 0.3) is 0 Å². The summed E-state index contributed by atoms with van der Waals surface area (Å²) in [5.74, 6) is 1.19. The SMILES string of the molecule is COC(=O)CN(Cc1cc(OC)cc(OC)c1)Cc1cccc2c1NCC2.Cl. The van der Waals surface area contributed by atoms with Crippen LogP contribution in [0.2, 0.25) is 0 Å². The summed E-state index contributed by atoms with van der Waals surface area (Å²) in [6, 6.07) is 12.1. The van der Waals surface area contributed by atoms with Gasteiger partial charge in [0, 0.05) is 31.4 Å². The minimum Gasteiger partial charge on any atom is -0.497 e. The largest absolute Gasteiger partial charge is 0.497 e. The second-order valence-corrected chi connectivity index (χ2v) is 6.57. The second kappa shape index (κ2) is 10.2. The molecule has 0 aliphatic carbocycles. The first-order valence-electron chi connectivity index (χ1n) is 8.98. The Kier molecular flexibility index (Phi) is 7.96. The highest BCUT2D eigenvalue weighted by molar-refractivity contribution is 5.85. The summed E-state index contributed by atoms with van der Waals surface area (Å²) >= 11 is 0. The van der Waals surface area contributed by atoms with Gasteiger partial charge in [-0.25, -0.2) is 0 Å². The van der Waals surface area contributed by atoms with E-state index in [-0.39, 0.29) is 24.9 Å². The number of esters is 1. The number of benzene rings is 2. The van der Waals surface area contributed by atoms with Crippen molar-refractivity contribution in [3.05, 3.63) is 53.1 Å². The van der Waals surface area contributed by atoms with Crippen molar-refractivity contribution in [1.82, 2.24) is 4.90 Å². The Labute approximate surface area is 172 Å². The van der Waals surface area contributed by atoms with Crippen LogP contribution in [-0.4, -0.2) is 45.3 Å². The zero-order valence-electron chi connectivity index (χ0n) is 16.5. The molecule has 152 valence electrons. The van der Waals surface area contributed by atoms with Gasteiger partial charge in [0.05, 0.1) is 27.9 Å². The Hall–Kier alpha value is -2.44. The van der Waals surface area contributed by atoms with Crippen molar-refractivity contribution < 1.29 is 19.0 Å². The number of nitrogens with one attached hydrogen (secondary N) is 1. The van der Waals surface area contributed by atoms with Gasteiger partial charge in [0.25, 0.3) is 0 Å². The lowest BCUT2D eigenvalue weighted by Crippen LogP contribution is -2.30. The number of anilines is 1. The van der Waals surface area contributed by atoms with E-state index >= 15 is 0 Å². The average molecular weight is 407 g/mol. The fourth-order valence-corrected chi connectivity index (χ4v) is 3.41. The van der Waals surface area contributed by atoms with Crippen LogP contribution in [0.4, 0.5) is 5.69 Å². The molecule has 0 saturated carbocycles. The highest BCUT2D eigenvalue weighted by Crippen LogP contribution is 2.28. The molecule has 0 saturated heterocycles. The number of hydrogen-bond donors (Lipinski definition) is 1. The first-order valence-corrected chi connectivity index (χ1v) is 8.98. The van der Waals surface area contributed by atoms with Gasteiger partial charge in [0.2, 0.25) is 0 Å². The quantitative estimate of drug-likeness (QED) is 0.679. The molecular weight excluding hydrogens is 380 g/mol. The van der Waals surface area contributed by atoms with Gasteiger partial charge in [0.15, 0.2) is 0 Å². The van der Waals surface area contributed by atoms with Gasteiger partial charge in [-0.2, -0.15) is 0 Å². The number of methoxy groups -OCH3 is 3. The molecule has 0 amide bonds. The van der Waals surface area contributed by atoms with Crippen LogP contribution in [0.1, 0.15) is 16.7 Å². The Morgan fingerprint density at radius 3 is 2.43 bits per heavy atom. The summed E-state index contributed by atoms with van der Waals surface area (Å²) < 4.78 is 15.6. The van der Waals surface area contributed by atoms with E-state index in [0.29, 0.717) is 13.1 Å². The molecule has 3 rings (SSSR count). The van der Waals surface area contributed by atoms with E-state index in [9.17, 15) is 4.79 Å². The minimum absolute atomic E-state index is 0. The number of nitrogens with zero attached hydrogens (tertiary/aromatic N) is 1. The topological polar surface area (TPSA) is 60.0 Å². The molecule has 2 aromatic carbocycles.